The molecule has 9 nitrogen and oxygen atoms in total. The maximum atomic E-state index is 12.6. The average Bonchev–Trinajstić information content (AvgIpc) is 3.01. The molecular formula is C21H26N2O7. The predicted molar refractivity (Wildman–Crippen MR) is 108 cm³/mol. The number of hydrogen-bond donors (Lipinski definition) is 1. The first-order valence-corrected chi connectivity index (χ1v) is 9.23. The van der Waals surface area contributed by atoms with E-state index in [1.54, 1.807) is 13.2 Å². The van der Waals surface area contributed by atoms with Crippen molar-refractivity contribution in [2.45, 2.75) is 20.4 Å². The number of carbonyl (C=O) groups excluding carboxylic acids is 3. The summed E-state index contributed by atoms with van der Waals surface area (Å²) >= 11 is 0. The first-order valence-electron chi connectivity index (χ1n) is 9.23. The molecule has 0 unspecified atom stereocenters. The van der Waals surface area contributed by atoms with Crippen LogP contribution in [0.1, 0.15) is 32.1 Å². The van der Waals surface area contributed by atoms with Gasteiger partial charge in [0.2, 0.25) is 5.78 Å². The molecule has 0 aliphatic rings. The number of rotatable bonds is 11. The summed E-state index contributed by atoms with van der Waals surface area (Å²) < 4.78 is 22.6. The van der Waals surface area contributed by atoms with Gasteiger partial charge in [-0.3, -0.25) is 9.59 Å². The molecule has 0 aliphatic heterocycles. The van der Waals surface area contributed by atoms with Crippen molar-refractivity contribution in [3.63, 3.8) is 0 Å². The second kappa shape index (κ2) is 10.4. The standard InChI is InChI=1S/C21H26N2O7/c1-13-9-16(14(2)23(13)7-8-27-3)17(24)11-30-21(26)15-5-6-18(19(10-15)28-4)29-12-20(22)25/h5-6,9-10H,7-8,11-12H2,1-4H3,(H2,22,25). The summed E-state index contributed by atoms with van der Waals surface area (Å²) in [5.41, 5.74) is 7.45. The van der Waals surface area contributed by atoms with E-state index in [0.717, 1.165) is 11.4 Å². The van der Waals surface area contributed by atoms with E-state index >= 15 is 0 Å². The lowest BCUT2D eigenvalue weighted by Crippen LogP contribution is -2.20. The molecule has 1 aromatic heterocycles. The summed E-state index contributed by atoms with van der Waals surface area (Å²) in [5, 5.41) is 0. The average molecular weight is 418 g/mol. The van der Waals surface area contributed by atoms with Gasteiger partial charge in [0.05, 0.1) is 19.3 Å². The van der Waals surface area contributed by atoms with Crippen molar-refractivity contribution in [1.82, 2.24) is 4.57 Å². The smallest absolute Gasteiger partial charge is 0.338 e. The van der Waals surface area contributed by atoms with Crippen molar-refractivity contribution in [3.05, 3.63) is 46.8 Å². The Labute approximate surface area is 174 Å². The van der Waals surface area contributed by atoms with Crippen molar-refractivity contribution in [1.29, 1.82) is 0 Å². The number of primary amides is 1. The van der Waals surface area contributed by atoms with Gasteiger partial charge in [0, 0.05) is 30.6 Å². The molecular weight excluding hydrogens is 392 g/mol. The Balaban J connectivity index is 2.05. The molecule has 0 saturated carbocycles. The molecule has 2 rings (SSSR count). The zero-order valence-corrected chi connectivity index (χ0v) is 17.5. The van der Waals surface area contributed by atoms with E-state index in [4.69, 9.17) is 24.7 Å². The molecule has 0 fully saturated rings. The van der Waals surface area contributed by atoms with E-state index in [9.17, 15) is 14.4 Å². The van der Waals surface area contributed by atoms with Gasteiger partial charge in [0.15, 0.2) is 24.7 Å². The Kier molecular flexibility index (Phi) is 7.99. The van der Waals surface area contributed by atoms with E-state index in [1.807, 2.05) is 18.4 Å². The number of nitrogens with two attached hydrogens (primary N) is 1. The summed E-state index contributed by atoms with van der Waals surface area (Å²) in [4.78, 5) is 35.8. The van der Waals surface area contributed by atoms with Crippen molar-refractivity contribution in [3.8, 4) is 11.5 Å². The lowest BCUT2D eigenvalue weighted by atomic mass is 10.1. The lowest BCUT2D eigenvalue weighted by Gasteiger charge is -2.11. The van der Waals surface area contributed by atoms with Gasteiger partial charge < -0.3 is 29.2 Å². The van der Waals surface area contributed by atoms with Crippen LogP contribution in [-0.2, 0) is 20.8 Å². The number of carbonyl (C=O) groups is 3. The van der Waals surface area contributed by atoms with Gasteiger partial charge in [-0.15, -0.1) is 0 Å². The maximum absolute atomic E-state index is 12.6. The number of aryl methyl sites for hydroxylation is 1. The van der Waals surface area contributed by atoms with Gasteiger partial charge in [-0.1, -0.05) is 0 Å². The van der Waals surface area contributed by atoms with Gasteiger partial charge in [-0.25, -0.2) is 4.79 Å². The van der Waals surface area contributed by atoms with Crippen molar-refractivity contribution >= 4 is 17.7 Å². The topological polar surface area (TPSA) is 119 Å². The summed E-state index contributed by atoms with van der Waals surface area (Å²) in [6.07, 6.45) is 0. The fourth-order valence-electron chi connectivity index (χ4n) is 2.96. The second-order valence-corrected chi connectivity index (χ2v) is 6.55. The molecule has 1 aromatic carbocycles. The summed E-state index contributed by atoms with van der Waals surface area (Å²) in [7, 11) is 3.01. The van der Waals surface area contributed by atoms with Crippen LogP contribution < -0.4 is 15.2 Å². The molecule has 0 spiro atoms. The molecule has 9 heteroatoms. The van der Waals surface area contributed by atoms with Crippen LogP contribution in [0.15, 0.2) is 24.3 Å². The van der Waals surface area contributed by atoms with Crippen LogP contribution in [0.4, 0.5) is 0 Å². The second-order valence-electron chi connectivity index (χ2n) is 6.55. The predicted octanol–water partition coefficient (Wildman–Crippen LogP) is 1.66. The molecule has 1 heterocycles. The van der Waals surface area contributed by atoms with E-state index < -0.39 is 18.5 Å². The summed E-state index contributed by atoms with van der Waals surface area (Å²) in [5.74, 6) is -1.13. The normalized spacial score (nSPS) is 10.5. The van der Waals surface area contributed by atoms with Crippen molar-refractivity contribution in [2.75, 3.05) is 34.0 Å². The maximum Gasteiger partial charge on any atom is 0.338 e. The number of ether oxygens (including phenoxy) is 4. The Bertz CT molecular complexity index is 934. The molecule has 0 saturated heterocycles. The minimum Gasteiger partial charge on any atom is -0.493 e. The number of aromatic nitrogens is 1. The van der Waals surface area contributed by atoms with Crippen LogP contribution in [0.2, 0.25) is 0 Å². The number of amides is 1. The fourth-order valence-corrected chi connectivity index (χ4v) is 2.96. The van der Waals surface area contributed by atoms with E-state index in [2.05, 4.69) is 0 Å². The number of esters is 1. The zero-order chi connectivity index (χ0) is 22.3. The van der Waals surface area contributed by atoms with E-state index in [0.29, 0.717) is 18.7 Å². The number of benzene rings is 1. The third-order valence-electron chi connectivity index (χ3n) is 4.50. The SMILES string of the molecule is COCCn1c(C)cc(C(=O)COC(=O)c2ccc(OCC(N)=O)c(OC)c2)c1C. The Morgan fingerprint density at radius 3 is 2.40 bits per heavy atom. The van der Waals surface area contributed by atoms with Gasteiger partial charge in [-0.05, 0) is 38.1 Å². The van der Waals surface area contributed by atoms with Gasteiger partial charge in [0.25, 0.3) is 5.91 Å². The minimum absolute atomic E-state index is 0.177. The molecule has 0 radical (unpaired) electrons. The van der Waals surface area contributed by atoms with Crippen LogP contribution in [0, 0.1) is 13.8 Å². The highest BCUT2D eigenvalue weighted by atomic mass is 16.5. The first kappa shape index (κ1) is 23.0. The monoisotopic (exact) mass is 418 g/mol. The Hall–Kier alpha value is -3.33. The largest absolute Gasteiger partial charge is 0.493 e. The highest BCUT2D eigenvalue weighted by Crippen LogP contribution is 2.28. The summed E-state index contributed by atoms with van der Waals surface area (Å²) in [6, 6.07) is 6.08. The molecule has 0 atom stereocenters. The zero-order valence-electron chi connectivity index (χ0n) is 17.5. The van der Waals surface area contributed by atoms with Crippen LogP contribution in [-0.4, -0.2) is 56.3 Å². The quantitative estimate of drug-likeness (QED) is 0.435. The molecule has 2 aromatic rings. The molecule has 0 aliphatic carbocycles. The number of nitrogens with zero attached hydrogens (tertiary/aromatic N) is 1. The van der Waals surface area contributed by atoms with Gasteiger partial charge >= 0.3 is 5.97 Å². The highest BCUT2D eigenvalue weighted by molar-refractivity contribution is 6.00. The van der Waals surface area contributed by atoms with Crippen LogP contribution >= 0.6 is 0 Å². The lowest BCUT2D eigenvalue weighted by molar-refractivity contribution is -0.119. The van der Waals surface area contributed by atoms with Crippen LogP contribution in [0.5, 0.6) is 11.5 Å². The number of ketones is 1. The summed E-state index contributed by atoms with van der Waals surface area (Å²) in [6.45, 7) is 4.19. The number of methoxy groups -OCH3 is 2. The van der Waals surface area contributed by atoms with E-state index in [1.165, 1.54) is 25.3 Å². The third-order valence-corrected chi connectivity index (χ3v) is 4.50. The van der Waals surface area contributed by atoms with Crippen molar-refractivity contribution in [2.24, 2.45) is 5.73 Å². The van der Waals surface area contributed by atoms with E-state index in [-0.39, 0.29) is 29.5 Å². The molecule has 162 valence electrons. The van der Waals surface area contributed by atoms with Crippen LogP contribution in [0.3, 0.4) is 0 Å². The highest BCUT2D eigenvalue weighted by Gasteiger charge is 2.19. The third kappa shape index (κ3) is 5.60. The number of hydrogen-bond acceptors (Lipinski definition) is 7. The van der Waals surface area contributed by atoms with Gasteiger partial charge in [-0.2, -0.15) is 0 Å². The fraction of sp³-hybridized carbons (Fsp3) is 0.381. The number of Topliss-reactive ketones (excluding diaryl/α,β-unsaturated/α-hetero) is 1. The first-order chi connectivity index (χ1) is 14.3. The molecule has 1 amide bonds. The molecule has 0 bridgehead atoms. The van der Waals surface area contributed by atoms with Crippen LogP contribution in [0.25, 0.3) is 0 Å². The van der Waals surface area contributed by atoms with Crippen molar-refractivity contribution < 1.29 is 33.3 Å². The molecule has 2 N–H and O–H groups in total. The Morgan fingerprint density at radius 1 is 1.03 bits per heavy atom. The molecule has 30 heavy (non-hydrogen) atoms. The Morgan fingerprint density at radius 2 is 1.77 bits per heavy atom. The van der Waals surface area contributed by atoms with Gasteiger partial charge in [0.1, 0.15) is 0 Å². The minimum atomic E-state index is -0.684.